The molecule has 1 heterocycles. The van der Waals surface area contributed by atoms with Crippen molar-refractivity contribution in [1.29, 1.82) is 0 Å². The van der Waals surface area contributed by atoms with Crippen LogP contribution in [0.5, 0.6) is 0 Å². The van der Waals surface area contributed by atoms with Gasteiger partial charge in [-0.1, -0.05) is 164 Å². The number of hydrogen-bond acceptors (Lipinski definition) is 4. The van der Waals surface area contributed by atoms with E-state index in [2.05, 4.69) is 276 Å². The van der Waals surface area contributed by atoms with Gasteiger partial charge in [-0.2, -0.15) is 0 Å². The summed E-state index contributed by atoms with van der Waals surface area (Å²) in [4.78, 5) is 7.04. The lowest BCUT2D eigenvalue weighted by Crippen LogP contribution is -2.14. The highest BCUT2D eigenvalue weighted by molar-refractivity contribution is 6.20. The minimum Gasteiger partial charge on any atom is -0.456 e. The van der Waals surface area contributed by atoms with Gasteiger partial charge in [0.1, 0.15) is 11.2 Å². The van der Waals surface area contributed by atoms with Crippen LogP contribution < -0.4 is 14.7 Å². The van der Waals surface area contributed by atoms with E-state index in [9.17, 15) is 0 Å². The fourth-order valence-electron chi connectivity index (χ4n) is 8.86. The van der Waals surface area contributed by atoms with E-state index < -0.39 is 0 Å². The van der Waals surface area contributed by atoms with Gasteiger partial charge in [-0.05, 0) is 113 Å². The molecule has 10 aromatic carbocycles. The van der Waals surface area contributed by atoms with Gasteiger partial charge in [-0.25, -0.2) is 0 Å². The lowest BCUT2D eigenvalue weighted by Gasteiger charge is -2.30. The Bertz CT molecular complexity index is 3120. The summed E-state index contributed by atoms with van der Waals surface area (Å²) in [6.45, 7) is 0. The average molecular weight is 822 g/mol. The Hall–Kier alpha value is -8.60. The van der Waals surface area contributed by atoms with Crippen molar-refractivity contribution in [2.75, 3.05) is 14.7 Å². The third-order valence-corrected chi connectivity index (χ3v) is 11.8. The third kappa shape index (κ3) is 7.33. The summed E-state index contributed by atoms with van der Waals surface area (Å²) in [7, 11) is 0. The summed E-state index contributed by atoms with van der Waals surface area (Å²) in [5.74, 6) is 0. The molecule has 0 atom stereocenters. The van der Waals surface area contributed by atoms with Crippen LogP contribution in [0.25, 0.3) is 44.2 Å². The van der Waals surface area contributed by atoms with Crippen molar-refractivity contribution in [3.8, 4) is 22.3 Å². The Morgan fingerprint density at radius 1 is 0.219 bits per heavy atom. The highest BCUT2D eigenvalue weighted by Gasteiger charge is 2.27. The maximum absolute atomic E-state index is 7.11. The normalized spacial score (nSPS) is 11.1. The van der Waals surface area contributed by atoms with Gasteiger partial charge in [0.15, 0.2) is 0 Å². The van der Waals surface area contributed by atoms with Gasteiger partial charge >= 0.3 is 0 Å². The minimum atomic E-state index is 0.777. The molecule has 0 radical (unpaired) electrons. The van der Waals surface area contributed by atoms with E-state index >= 15 is 0 Å². The van der Waals surface area contributed by atoms with Gasteiger partial charge in [-0.3, -0.25) is 0 Å². The first-order chi connectivity index (χ1) is 31.8. The van der Waals surface area contributed by atoms with E-state index in [-0.39, 0.29) is 0 Å². The van der Waals surface area contributed by atoms with Crippen LogP contribution in [0.15, 0.2) is 265 Å². The molecule has 0 fully saturated rings. The summed E-state index contributed by atoms with van der Waals surface area (Å²) < 4.78 is 7.11. The van der Waals surface area contributed by atoms with Crippen LogP contribution in [0.1, 0.15) is 0 Å². The Labute approximate surface area is 373 Å². The van der Waals surface area contributed by atoms with Crippen molar-refractivity contribution in [2.24, 2.45) is 0 Å². The molecule has 0 bridgehead atoms. The van der Waals surface area contributed by atoms with E-state index in [1.165, 1.54) is 11.1 Å². The zero-order valence-electron chi connectivity index (χ0n) is 35.1. The van der Waals surface area contributed by atoms with Crippen molar-refractivity contribution in [3.05, 3.63) is 261 Å². The molecule has 4 nitrogen and oxygen atoms in total. The fraction of sp³-hybridized carbons (Fsp3) is 0. The fourth-order valence-corrected chi connectivity index (χ4v) is 8.86. The Morgan fingerprint density at radius 2 is 0.562 bits per heavy atom. The second-order valence-corrected chi connectivity index (χ2v) is 15.8. The average Bonchev–Trinajstić information content (AvgIpc) is 3.76. The molecule has 0 amide bonds. The number of hydrogen-bond donors (Lipinski definition) is 0. The zero-order chi connectivity index (χ0) is 42.7. The quantitative estimate of drug-likeness (QED) is 0.130. The van der Waals surface area contributed by atoms with Gasteiger partial charge in [0, 0.05) is 40.2 Å². The molecule has 64 heavy (non-hydrogen) atoms. The zero-order valence-corrected chi connectivity index (χ0v) is 35.1. The van der Waals surface area contributed by atoms with Gasteiger partial charge in [0.05, 0.1) is 27.8 Å². The molecule has 0 N–H and O–H groups in total. The highest BCUT2D eigenvalue weighted by Crippen LogP contribution is 2.51. The molecule has 11 rings (SSSR count). The highest BCUT2D eigenvalue weighted by atomic mass is 16.3. The summed E-state index contributed by atoms with van der Waals surface area (Å²) in [5, 5.41) is 2.03. The van der Waals surface area contributed by atoms with Crippen molar-refractivity contribution in [2.45, 2.75) is 0 Å². The first-order valence-corrected chi connectivity index (χ1v) is 21.7. The standard InChI is InChI=1S/C60H43N3O/c1-7-20-44(21-8-1)46-34-38-52(39-35-46)61(53-40-36-47(37-41-53)45-22-9-2-10-23-45)54-42-56(63(50-28-15-5-16-29-50)51-30-17-6-18-31-51)60-58(43-54)64-57-33-19-32-55(59(57)60)62(48-24-11-3-12-25-48)49-26-13-4-14-27-49/h1-43H. The molecule has 0 aliphatic carbocycles. The molecular weight excluding hydrogens is 779 g/mol. The molecule has 0 saturated heterocycles. The first kappa shape index (κ1) is 38.3. The lowest BCUT2D eigenvalue weighted by molar-refractivity contribution is 0.669. The molecule has 0 spiro atoms. The van der Waals surface area contributed by atoms with Crippen LogP contribution in [-0.4, -0.2) is 0 Å². The van der Waals surface area contributed by atoms with E-state index in [1.54, 1.807) is 0 Å². The van der Waals surface area contributed by atoms with Crippen molar-refractivity contribution < 1.29 is 4.42 Å². The number of fused-ring (bicyclic) bond motifs is 3. The van der Waals surface area contributed by atoms with Gasteiger partial charge in [-0.15, -0.1) is 0 Å². The Morgan fingerprint density at radius 3 is 0.984 bits per heavy atom. The van der Waals surface area contributed by atoms with E-state index in [0.29, 0.717) is 0 Å². The molecule has 0 saturated carbocycles. The molecule has 11 aromatic rings. The smallest absolute Gasteiger partial charge is 0.139 e. The summed E-state index contributed by atoms with van der Waals surface area (Å²) >= 11 is 0. The number of rotatable bonds is 11. The minimum absolute atomic E-state index is 0.777. The first-order valence-electron chi connectivity index (χ1n) is 21.7. The monoisotopic (exact) mass is 821 g/mol. The Kier molecular flexibility index (Phi) is 10.2. The van der Waals surface area contributed by atoms with Crippen LogP contribution >= 0.6 is 0 Å². The van der Waals surface area contributed by atoms with E-state index in [4.69, 9.17) is 4.42 Å². The topological polar surface area (TPSA) is 22.9 Å². The van der Waals surface area contributed by atoms with Gasteiger partial charge in [0.25, 0.3) is 0 Å². The van der Waals surface area contributed by atoms with Gasteiger partial charge in [0.2, 0.25) is 0 Å². The van der Waals surface area contributed by atoms with Crippen LogP contribution in [0, 0.1) is 0 Å². The maximum Gasteiger partial charge on any atom is 0.139 e. The predicted molar refractivity (Wildman–Crippen MR) is 269 cm³/mol. The van der Waals surface area contributed by atoms with Crippen molar-refractivity contribution in [3.63, 3.8) is 0 Å². The number of nitrogens with zero attached hydrogens (tertiary/aromatic N) is 3. The summed E-state index contributed by atoms with van der Waals surface area (Å²) in [5.41, 5.74) is 15.5. The molecule has 0 aliphatic heterocycles. The number of para-hydroxylation sites is 4. The summed E-state index contributed by atoms with van der Waals surface area (Å²) in [6, 6.07) is 92.2. The number of furan rings is 1. The second-order valence-electron chi connectivity index (χ2n) is 15.8. The van der Waals surface area contributed by atoms with Crippen LogP contribution in [-0.2, 0) is 0 Å². The largest absolute Gasteiger partial charge is 0.456 e. The molecule has 0 aliphatic rings. The molecule has 304 valence electrons. The Balaban J connectivity index is 1.19. The second kappa shape index (κ2) is 17.0. The van der Waals surface area contributed by atoms with E-state index in [0.717, 1.165) is 84.3 Å². The molecule has 4 heteroatoms. The van der Waals surface area contributed by atoms with Crippen LogP contribution in [0.3, 0.4) is 0 Å². The van der Waals surface area contributed by atoms with Crippen LogP contribution in [0.4, 0.5) is 51.2 Å². The van der Waals surface area contributed by atoms with Crippen molar-refractivity contribution in [1.82, 2.24) is 0 Å². The molecular formula is C60H43N3O. The lowest BCUT2D eigenvalue weighted by atomic mass is 10.0. The van der Waals surface area contributed by atoms with E-state index in [1.807, 2.05) is 0 Å². The van der Waals surface area contributed by atoms with Crippen LogP contribution in [0.2, 0.25) is 0 Å². The predicted octanol–water partition coefficient (Wildman–Crippen LogP) is 17.3. The molecule has 1 aromatic heterocycles. The third-order valence-electron chi connectivity index (χ3n) is 11.8. The van der Waals surface area contributed by atoms with Crippen molar-refractivity contribution >= 4 is 73.1 Å². The van der Waals surface area contributed by atoms with Gasteiger partial charge < -0.3 is 19.1 Å². The number of benzene rings is 10. The number of anilines is 9. The maximum atomic E-state index is 7.11. The SMILES string of the molecule is c1ccc(-c2ccc(N(c3ccc(-c4ccccc4)cc3)c3cc(N(c4ccccc4)c4ccccc4)c4c(c3)oc3cccc(N(c5ccccc5)c5ccccc5)c34)cc2)cc1. The summed E-state index contributed by atoms with van der Waals surface area (Å²) in [6.07, 6.45) is 0. The molecule has 0 unspecified atom stereocenters.